The SMILES string of the molecule is COc1cc(Cl)c(C)cc1NC(=O)Cn1nc2c3scc(-c4ccc(F)cc4)c3ncn2c1=O. The molecule has 0 radical (unpaired) electrons. The van der Waals surface area contributed by atoms with Crippen molar-refractivity contribution in [1.29, 1.82) is 0 Å². The Morgan fingerprint density at radius 1 is 1.26 bits per heavy atom. The highest BCUT2D eigenvalue weighted by molar-refractivity contribution is 7.18. The van der Waals surface area contributed by atoms with Gasteiger partial charge in [0.1, 0.15) is 24.4 Å². The van der Waals surface area contributed by atoms with Crippen molar-refractivity contribution in [2.75, 3.05) is 12.4 Å². The fourth-order valence-electron chi connectivity index (χ4n) is 3.63. The Morgan fingerprint density at radius 2 is 2.03 bits per heavy atom. The molecule has 0 saturated carbocycles. The summed E-state index contributed by atoms with van der Waals surface area (Å²) >= 11 is 7.49. The number of aromatic nitrogens is 4. The molecule has 0 fully saturated rings. The quantitative estimate of drug-likeness (QED) is 0.385. The third-order valence-corrected chi connectivity index (χ3v) is 6.72. The van der Waals surface area contributed by atoms with Gasteiger partial charge in [0, 0.05) is 22.0 Å². The summed E-state index contributed by atoms with van der Waals surface area (Å²) in [5.74, 6) is -0.370. The molecule has 172 valence electrons. The lowest BCUT2D eigenvalue weighted by atomic mass is 10.1. The number of carbonyl (C=O) groups is 1. The van der Waals surface area contributed by atoms with Gasteiger partial charge in [0.05, 0.1) is 23.0 Å². The Balaban J connectivity index is 1.48. The van der Waals surface area contributed by atoms with Crippen LogP contribution in [0.2, 0.25) is 5.02 Å². The van der Waals surface area contributed by atoms with Crippen molar-refractivity contribution < 1.29 is 13.9 Å². The molecule has 1 N–H and O–H groups in total. The fraction of sp³-hybridized carbons (Fsp3) is 0.130. The topological polar surface area (TPSA) is 90.5 Å². The number of carbonyl (C=O) groups excluding carboxylic acids is 1. The second-order valence-corrected chi connectivity index (χ2v) is 8.85. The Bertz CT molecular complexity index is 1620. The Morgan fingerprint density at radius 3 is 2.76 bits per heavy atom. The number of halogens is 2. The van der Waals surface area contributed by atoms with Crippen molar-refractivity contribution in [2.45, 2.75) is 13.5 Å². The number of amides is 1. The zero-order valence-electron chi connectivity index (χ0n) is 18.0. The molecule has 5 aromatic rings. The van der Waals surface area contributed by atoms with Crippen LogP contribution >= 0.6 is 22.9 Å². The normalized spacial score (nSPS) is 11.3. The molecule has 5 rings (SSSR count). The molecule has 0 atom stereocenters. The molecule has 0 aliphatic carbocycles. The predicted octanol–water partition coefficient (Wildman–Crippen LogP) is 4.52. The van der Waals surface area contributed by atoms with Gasteiger partial charge in [-0.1, -0.05) is 23.7 Å². The van der Waals surface area contributed by atoms with Gasteiger partial charge in [-0.05, 0) is 36.2 Å². The van der Waals surface area contributed by atoms with Crippen molar-refractivity contribution >= 4 is 50.4 Å². The summed E-state index contributed by atoms with van der Waals surface area (Å²) in [6.45, 7) is 1.51. The predicted molar refractivity (Wildman–Crippen MR) is 129 cm³/mol. The third-order valence-electron chi connectivity index (χ3n) is 5.34. The smallest absolute Gasteiger partial charge is 0.352 e. The van der Waals surface area contributed by atoms with Crippen LogP contribution in [0.15, 0.2) is 52.9 Å². The Hall–Kier alpha value is -3.76. The van der Waals surface area contributed by atoms with Crippen LogP contribution in [0.1, 0.15) is 5.56 Å². The van der Waals surface area contributed by atoms with E-state index < -0.39 is 11.6 Å². The minimum Gasteiger partial charge on any atom is -0.495 e. The van der Waals surface area contributed by atoms with Crippen LogP contribution in [0, 0.1) is 12.7 Å². The van der Waals surface area contributed by atoms with Gasteiger partial charge in [-0.25, -0.2) is 23.3 Å². The number of anilines is 1. The van der Waals surface area contributed by atoms with E-state index in [1.165, 1.54) is 41.3 Å². The van der Waals surface area contributed by atoms with Crippen molar-refractivity contribution in [2.24, 2.45) is 0 Å². The summed E-state index contributed by atoms with van der Waals surface area (Å²) in [4.78, 5) is 30.0. The average Bonchev–Trinajstić information content (AvgIpc) is 3.38. The molecule has 11 heteroatoms. The zero-order valence-corrected chi connectivity index (χ0v) is 19.6. The summed E-state index contributed by atoms with van der Waals surface area (Å²) in [5.41, 5.74) is 3.37. The largest absolute Gasteiger partial charge is 0.495 e. The van der Waals surface area contributed by atoms with E-state index in [4.69, 9.17) is 16.3 Å². The lowest BCUT2D eigenvalue weighted by Gasteiger charge is -2.12. The molecular weight excluding hydrogens is 481 g/mol. The van der Waals surface area contributed by atoms with Crippen LogP contribution in [0.3, 0.4) is 0 Å². The van der Waals surface area contributed by atoms with Crippen molar-refractivity contribution in [3.63, 3.8) is 0 Å². The number of ether oxygens (including phenoxy) is 1. The molecule has 2 aromatic carbocycles. The summed E-state index contributed by atoms with van der Waals surface area (Å²) in [6, 6.07) is 9.41. The number of hydrogen-bond acceptors (Lipinski definition) is 6. The van der Waals surface area contributed by atoms with Gasteiger partial charge in [-0.15, -0.1) is 16.4 Å². The van der Waals surface area contributed by atoms with Crippen molar-refractivity contribution in [3.05, 3.63) is 75.0 Å². The first-order valence-electron chi connectivity index (χ1n) is 10.1. The number of aryl methyl sites for hydroxylation is 1. The summed E-state index contributed by atoms with van der Waals surface area (Å²) in [7, 11) is 1.47. The first kappa shape index (κ1) is 22.1. The number of benzene rings is 2. The van der Waals surface area contributed by atoms with Gasteiger partial charge < -0.3 is 10.1 Å². The van der Waals surface area contributed by atoms with Crippen LogP contribution in [-0.2, 0) is 11.3 Å². The first-order valence-corrected chi connectivity index (χ1v) is 11.4. The molecule has 0 unspecified atom stereocenters. The van der Waals surface area contributed by atoms with Crippen LogP contribution < -0.4 is 15.7 Å². The van der Waals surface area contributed by atoms with Crippen molar-refractivity contribution in [1.82, 2.24) is 19.2 Å². The minimum absolute atomic E-state index is 0.303. The lowest BCUT2D eigenvalue weighted by Crippen LogP contribution is -2.28. The Kier molecular flexibility index (Phi) is 5.54. The maximum absolute atomic E-state index is 13.3. The Labute approximate surface area is 201 Å². The zero-order chi connectivity index (χ0) is 24.0. The third kappa shape index (κ3) is 3.80. The number of methoxy groups -OCH3 is 1. The highest BCUT2D eigenvalue weighted by Crippen LogP contribution is 2.34. The summed E-state index contributed by atoms with van der Waals surface area (Å²) in [6.07, 6.45) is 1.38. The molecule has 34 heavy (non-hydrogen) atoms. The highest BCUT2D eigenvalue weighted by atomic mass is 35.5. The van der Waals surface area contributed by atoms with Crippen LogP contribution in [0.5, 0.6) is 5.75 Å². The van der Waals surface area contributed by atoms with E-state index in [1.807, 2.05) is 12.3 Å². The van der Waals surface area contributed by atoms with E-state index in [-0.39, 0.29) is 12.4 Å². The second kappa shape index (κ2) is 8.54. The van der Waals surface area contributed by atoms with Crippen LogP contribution in [0.4, 0.5) is 10.1 Å². The molecule has 0 bridgehead atoms. The van der Waals surface area contributed by atoms with E-state index in [2.05, 4.69) is 15.4 Å². The molecule has 3 heterocycles. The molecule has 8 nitrogen and oxygen atoms in total. The average molecular weight is 498 g/mol. The first-order chi connectivity index (χ1) is 16.4. The molecule has 0 aliphatic heterocycles. The second-order valence-electron chi connectivity index (χ2n) is 7.56. The molecule has 1 amide bonds. The van der Waals surface area contributed by atoms with Gasteiger partial charge >= 0.3 is 5.69 Å². The monoisotopic (exact) mass is 497 g/mol. The standard InChI is InChI=1S/C23H17ClFN5O3S/c1-12-7-17(18(33-2)8-16(12)24)27-19(31)9-30-23(32)29-11-26-20-15(10-34-21(20)22(29)28-30)13-3-5-14(25)6-4-13/h3-8,10-11H,9H2,1-2H3,(H,27,31). The number of fused-ring (bicyclic) bond motifs is 3. The number of nitrogens with zero attached hydrogens (tertiary/aromatic N) is 4. The van der Waals surface area contributed by atoms with Crippen molar-refractivity contribution in [3.8, 4) is 16.9 Å². The summed E-state index contributed by atoms with van der Waals surface area (Å²) in [5, 5.41) is 9.52. The van der Waals surface area contributed by atoms with Gasteiger partial charge in [0.2, 0.25) is 5.91 Å². The van der Waals surface area contributed by atoms with E-state index >= 15 is 0 Å². The van der Waals surface area contributed by atoms with E-state index in [0.717, 1.165) is 21.4 Å². The van der Waals surface area contributed by atoms with Gasteiger partial charge in [0.15, 0.2) is 5.65 Å². The van der Waals surface area contributed by atoms with Gasteiger partial charge in [-0.3, -0.25) is 4.79 Å². The molecule has 3 aromatic heterocycles. The number of nitrogens with one attached hydrogen (secondary N) is 1. The van der Waals surface area contributed by atoms with Gasteiger partial charge in [-0.2, -0.15) is 0 Å². The number of hydrogen-bond donors (Lipinski definition) is 1. The van der Waals surface area contributed by atoms with E-state index in [9.17, 15) is 14.0 Å². The minimum atomic E-state index is -0.490. The molecule has 0 aliphatic rings. The number of thiophene rings is 1. The number of rotatable bonds is 5. The van der Waals surface area contributed by atoms with Gasteiger partial charge in [0.25, 0.3) is 0 Å². The van der Waals surface area contributed by atoms with Crippen LogP contribution in [0.25, 0.3) is 27.0 Å². The maximum atomic E-state index is 13.3. The van der Waals surface area contributed by atoms with E-state index in [0.29, 0.717) is 32.3 Å². The maximum Gasteiger partial charge on any atom is 0.352 e. The molecular formula is C23H17ClFN5O3S. The fourth-order valence-corrected chi connectivity index (χ4v) is 4.78. The molecule has 0 spiro atoms. The summed E-state index contributed by atoms with van der Waals surface area (Å²) < 4.78 is 21.7. The van der Waals surface area contributed by atoms with Crippen LogP contribution in [-0.4, -0.2) is 32.2 Å². The van der Waals surface area contributed by atoms with E-state index in [1.54, 1.807) is 24.3 Å². The molecule has 0 saturated heterocycles. The lowest BCUT2D eigenvalue weighted by molar-refractivity contribution is -0.117. The highest BCUT2D eigenvalue weighted by Gasteiger charge is 2.18.